The fourth-order valence-corrected chi connectivity index (χ4v) is 4.13. The molecule has 1 atom stereocenters. The molecule has 0 spiro atoms. The Morgan fingerprint density at radius 1 is 1.17 bits per heavy atom. The van der Waals surface area contributed by atoms with Gasteiger partial charge in [0.2, 0.25) is 5.91 Å². The third-order valence-electron chi connectivity index (χ3n) is 4.78. The normalized spacial score (nSPS) is 17.4. The van der Waals surface area contributed by atoms with Crippen LogP contribution in [0.5, 0.6) is 0 Å². The van der Waals surface area contributed by atoms with Crippen molar-refractivity contribution >= 4 is 46.0 Å². The van der Waals surface area contributed by atoms with Crippen LogP contribution in [0.4, 0.5) is 11.4 Å². The maximum Gasteiger partial charge on any atom is 0.259 e. The van der Waals surface area contributed by atoms with Gasteiger partial charge in [-0.25, -0.2) is 9.89 Å². The average Bonchev–Trinajstić information content (AvgIpc) is 3.05. The van der Waals surface area contributed by atoms with E-state index < -0.39 is 0 Å². The molecule has 0 saturated heterocycles. The Kier molecular flexibility index (Phi) is 5.49. The predicted octanol–water partition coefficient (Wildman–Crippen LogP) is 4.13. The molecule has 148 valence electrons. The van der Waals surface area contributed by atoms with Gasteiger partial charge in [0.25, 0.3) is 5.91 Å². The van der Waals surface area contributed by atoms with Crippen LogP contribution >= 0.6 is 11.8 Å². The molecule has 2 aliphatic heterocycles. The average molecular weight is 407 g/mol. The van der Waals surface area contributed by atoms with E-state index in [1.54, 1.807) is 4.90 Å². The number of nitrogens with one attached hydrogen (secondary N) is 1. The highest BCUT2D eigenvalue weighted by Crippen LogP contribution is 2.34. The summed E-state index contributed by atoms with van der Waals surface area (Å²) >= 11 is 1.25. The second-order valence-corrected chi connectivity index (χ2v) is 7.99. The molecule has 29 heavy (non-hydrogen) atoms. The molecule has 7 heteroatoms. The molecule has 0 saturated carbocycles. The fraction of sp³-hybridized carbons (Fsp3) is 0.273. The number of hydrogen-bond acceptors (Lipinski definition) is 5. The van der Waals surface area contributed by atoms with E-state index in [9.17, 15) is 9.59 Å². The van der Waals surface area contributed by atoms with Gasteiger partial charge < -0.3 is 5.32 Å². The number of amidine groups is 2. The van der Waals surface area contributed by atoms with Gasteiger partial charge in [0.1, 0.15) is 11.9 Å². The molecule has 2 aliphatic rings. The molecular formula is C22H22N4O2S. The van der Waals surface area contributed by atoms with Crippen molar-refractivity contribution in [3.8, 4) is 0 Å². The molecule has 0 fully saturated rings. The number of nitrogens with zero attached hydrogens (tertiary/aromatic N) is 3. The summed E-state index contributed by atoms with van der Waals surface area (Å²) in [4.78, 5) is 36.2. The molecule has 0 bridgehead atoms. The number of benzene rings is 2. The lowest BCUT2D eigenvalue weighted by Crippen LogP contribution is -2.41. The summed E-state index contributed by atoms with van der Waals surface area (Å²) in [5.41, 5.74) is 3.51. The third-order valence-corrected chi connectivity index (χ3v) is 5.72. The molecule has 2 aromatic rings. The molecule has 0 unspecified atom stereocenters. The monoisotopic (exact) mass is 406 g/mol. The van der Waals surface area contributed by atoms with Crippen LogP contribution in [-0.4, -0.2) is 39.5 Å². The van der Waals surface area contributed by atoms with Crippen molar-refractivity contribution in [1.82, 2.24) is 4.90 Å². The Bertz CT molecular complexity index is 1010. The Morgan fingerprint density at radius 2 is 1.93 bits per heavy atom. The first-order chi connectivity index (χ1) is 14.1. The van der Waals surface area contributed by atoms with Crippen LogP contribution in [-0.2, 0) is 9.59 Å². The van der Waals surface area contributed by atoms with Crippen molar-refractivity contribution < 1.29 is 9.59 Å². The zero-order valence-electron chi connectivity index (χ0n) is 16.4. The number of amides is 2. The van der Waals surface area contributed by atoms with E-state index in [4.69, 9.17) is 0 Å². The van der Waals surface area contributed by atoms with Crippen LogP contribution in [0.3, 0.4) is 0 Å². The predicted molar refractivity (Wildman–Crippen MR) is 118 cm³/mol. The molecule has 0 aliphatic carbocycles. The first kappa shape index (κ1) is 19.4. The van der Waals surface area contributed by atoms with E-state index in [2.05, 4.69) is 15.3 Å². The summed E-state index contributed by atoms with van der Waals surface area (Å²) in [5.74, 6) is 0.586. The largest absolute Gasteiger partial charge is 0.325 e. The Morgan fingerprint density at radius 3 is 2.69 bits per heavy atom. The standard InChI is InChI=1S/C22H22N4O2S/c1-3-6-18-21(28)26-20(24-18)16-7-4-5-8-17(16)25-22(26)29-13-19(27)23-15-11-9-14(2)10-12-15/h4-5,7-12,18H,3,6,13H2,1-2H3,(H,23,27)/t18-/m0/s1. The molecule has 1 N–H and O–H groups in total. The van der Waals surface area contributed by atoms with Gasteiger partial charge in [-0.05, 0) is 37.6 Å². The number of hydrogen-bond donors (Lipinski definition) is 1. The number of fused-ring (bicyclic) bond motifs is 3. The number of aryl methyl sites for hydroxylation is 1. The number of carbonyl (C=O) groups is 2. The minimum atomic E-state index is -0.381. The highest BCUT2D eigenvalue weighted by Gasteiger charge is 2.40. The number of anilines is 1. The van der Waals surface area contributed by atoms with Gasteiger partial charge in [0, 0.05) is 11.3 Å². The first-order valence-corrected chi connectivity index (χ1v) is 10.6. The number of para-hydroxylation sites is 1. The zero-order valence-corrected chi connectivity index (χ0v) is 17.2. The van der Waals surface area contributed by atoms with Crippen molar-refractivity contribution in [3.63, 3.8) is 0 Å². The minimum Gasteiger partial charge on any atom is -0.325 e. The number of carbonyl (C=O) groups excluding carboxylic acids is 2. The Hall–Kier alpha value is -2.93. The fourth-order valence-electron chi connectivity index (χ4n) is 3.32. The molecule has 2 aromatic carbocycles. The molecule has 0 aromatic heterocycles. The molecule has 6 nitrogen and oxygen atoms in total. The second kappa shape index (κ2) is 8.21. The SMILES string of the molecule is CCC[C@@H]1N=C2c3ccccc3N=C(SCC(=O)Nc3ccc(C)cc3)N2C1=O. The lowest BCUT2D eigenvalue weighted by Gasteiger charge is -2.25. The summed E-state index contributed by atoms with van der Waals surface area (Å²) in [6.07, 6.45) is 1.58. The van der Waals surface area contributed by atoms with Crippen LogP contribution in [0.15, 0.2) is 58.5 Å². The molecule has 2 heterocycles. The third kappa shape index (κ3) is 3.96. The summed E-state index contributed by atoms with van der Waals surface area (Å²) < 4.78 is 0. The smallest absolute Gasteiger partial charge is 0.259 e. The van der Waals surface area contributed by atoms with Crippen LogP contribution in [0, 0.1) is 6.92 Å². The maximum absolute atomic E-state index is 12.9. The number of thioether (sulfide) groups is 1. The Labute approximate surface area is 174 Å². The topological polar surface area (TPSA) is 74.1 Å². The van der Waals surface area contributed by atoms with Gasteiger partial charge in [-0.3, -0.25) is 14.6 Å². The van der Waals surface area contributed by atoms with Gasteiger partial charge in [-0.2, -0.15) is 0 Å². The summed E-state index contributed by atoms with van der Waals surface area (Å²) in [6, 6.07) is 14.9. The lowest BCUT2D eigenvalue weighted by molar-refractivity contribution is -0.124. The number of rotatable bonds is 5. The van der Waals surface area contributed by atoms with E-state index in [1.807, 2.05) is 62.4 Å². The van der Waals surface area contributed by atoms with Crippen LogP contribution < -0.4 is 5.32 Å². The first-order valence-electron chi connectivity index (χ1n) is 9.66. The van der Waals surface area contributed by atoms with Crippen LogP contribution in [0.1, 0.15) is 30.9 Å². The van der Waals surface area contributed by atoms with Crippen LogP contribution in [0.25, 0.3) is 0 Å². The van der Waals surface area contributed by atoms with E-state index in [0.29, 0.717) is 17.4 Å². The van der Waals surface area contributed by atoms with Crippen molar-refractivity contribution in [2.24, 2.45) is 9.98 Å². The van der Waals surface area contributed by atoms with Crippen molar-refractivity contribution in [2.75, 3.05) is 11.1 Å². The van der Waals surface area contributed by atoms with Crippen molar-refractivity contribution in [1.29, 1.82) is 0 Å². The van der Waals surface area contributed by atoms with E-state index in [1.165, 1.54) is 11.8 Å². The van der Waals surface area contributed by atoms with E-state index >= 15 is 0 Å². The van der Waals surface area contributed by atoms with E-state index in [-0.39, 0.29) is 23.6 Å². The molecular weight excluding hydrogens is 384 g/mol. The highest BCUT2D eigenvalue weighted by atomic mass is 32.2. The minimum absolute atomic E-state index is 0.0680. The van der Waals surface area contributed by atoms with Gasteiger partial charge >= 0.3 is 0 Å². The van der Waals surface area contributed by atoms with Crippen molar-refractivity contribution in [3.05, 3.63) is 59.7 Å². The molecule has 2 amide bonds. The summed E-state index contributed by atoms with van der Waals surface area (Å²) in [6.45, 7) is 4.04. The molecule has 0 radical (unpaired) electrons. The summed E-state index contributed by atoms with van der Waals surface area (Å²) in [7, 11) is 0. The van der Waals surface area contributed by atoms with Gasteiger partial charge in [-0.1, -0.05) is 54.9 Å². The van der Waals surface area contributed by atoms with Crippen molar-refractivity contribution in [2.45, 2.75) is 32.7 Å². The van der Waals surface area contributed by atoms with Gasteiger partial charge in [0.15, 0.2) is 5.17 Å². The lowest BCUT2D eigenvalue weighted by atomic mass is 10.1. The highest BCUT2D eigenvalue weighted by molar-refractivity contribution is 8.14. The molecule has 4 rings (SSSR count). The van der Waals surface area contributed by atoms with Gasteiger partial charge in [-0.15, -0.1) is 0 Å². The van der Waals surface area contributed by atoms with Crippen LogP contribution in [0.2, 0.25) is 0 Å². The quantitative estimate of drug-likeness (QED) is 0.811. The maximum atomic E-state index is 12.9. The summed E-state index contributed by atoms with van der Waals surface area (Å²) in [5, 5.41) is 3.38. The zero-order chi connectivity index (χ0) is 20.4. The van der Waals surface area contributed by atoms with E-state index in [0.717, 1.165) is 28.9 Å². The second-order valence-electron chi connectivity index (χ2n) is 7.05. The Balaban J connectivity index is 1.53. The van der Waals surface area contributed by atoms with Gasteiger partial charge in [0.05, 0.1) is 11.4 Å². The number of aliphatic imine (C=N–C) groups is 2.